The van der Waals surface area contributed by atoms with Crippen molar-refractivity contribution in [3.05, 3.63) is 84.2 Å². The number of para-hydroxylation sites is 1. The first kappa shape index (κ1) is 23.9. The first-order chi connectivity index (χ1) is 16.4. The highest BCUT2D eigenvalue weighted by molar-refractivity contribution is 7.89. The van der Waals surface area contributed by atoms with Crippen LogP contribution in [0.15, 0.2) is 78.0 Å². The molecule has 1 aliphatic rings. The summed E-state index contributed by atoms with van der Waals surface area (Å²) in [4.78, 5) is 14.5. The van der Waals surface area contributed by atoms with Crippen molar-refractivity contribution in [2.24, 2.45) is 0 Å². The number of carbonyl (C=O) groups excluding carboxylic acids is 1. The number of carbonyl (C=O) groups is 1. The molecule has 0 saturated carbocycles. The van der Waals surface area contributed by atoms with Crippen molar-refractivity contribution < 1.29 is 13.2 Å². The fourth-order valence-corrected chi connectivity index (χ4v) is 5.51. The lowest BCUT2D eigenvalue weighted by molar-refractivity contribution is -0.125. The third kappa shape index (κ3) is 5.81. The second kappa shape index (κ2) is 10.8. The van der Waals surface area contributed by atoms with E-state index in [0.29, 0.717) is 24.5 Å². The maximum atomic E-state index is 12.9. The minimum atomic E-state index is -3.47. The van der Waals surface area contributed by atoms with Crippen LogP contribution in [0.5, 0.6) is 0 Å². The number of amides is 1. The molecule has 1 aromatic heterocycles. The van der Waals surface area contributed by atoms with Gasteiger partial charge in [0.1, 0.15) is 0 Å². The average molecular weight is 479 g/mol. The highest BCUT2D eigenvalue weighted by Gasteiger charge is 2.24. The molecule has 1 aliphatic heterocycles. The van der Waals surface area contributed by atoms with E-state index in [0.717, 1.165) is 42.5 Å². The van der Waals surface area contributed by atoms with Gasteiger partial charge >= 0.3 is 0 Å². The molecule has 0 atom stereocenters. The van der Waals surface area contributed by atoms with Gasteiger partial charge in [0.05, 0.1) is 16.8 Å². The lowest BCUT2D eigenvalue weighted by Crippen LogP contribution is -2.31. The Balaban J connectivity index is 1.36. The van der Waals surface area contributed by atoms with Gasteiger partial charge in [-0.15, -0.1) is 0 Å². The van der Waals surface area contributed by atoms with Crippen molar-refractivity contribution in [1.29, 1.82) is 0 Å². The number of nitrogens with zero attached hydrogens (tertiary/aromatic N) is 4. The molecule has 0 spiro atoms. The van der Waals surface area contributed by atoms with Gasteiger partial charge in [0.25, 0.3) is 0 Å². The van der Waals surface area contributed by atoms with E-state index in [4.69, 9.17) is 0 Å². The van der Waals surface area contributed by atoms with Crippen molar-refractivity contribution in [2.45, 2.75) is 37.1 Å². The first-order valence-corrected chi connectivity index (χ1v) is 13.0. The molecule has 0 unspecified atom stereocenters. The zero-order valence-electron chi connectivity index (χ0n) is 19.4. The van der Waals surface area contributed by atoms with Crippen molar-refractivity contribution in [2.75, 3.05) is 20.1 Å². The maximum Gasteiger partial charge on any atom is 0.246 e. The number of hydrogen-bond donors (Lipinski definition) is 0. The Hall–Kier alpha value is -3.23. The van der Waals surface area contributed by atoms with Crippen molar-refractivity contribution in [3.63, 3.8) is 0 Å². The minimum absolute atomic E-state index is 0.145. The fraction of sp³-hybridized carbons (Fsp3) is 0.308. The molecule has 4 rings (SSSR count). The van der Waals surface area contributed by atoms with E-state index in [9.17, 15) is 13.2 Å². The van der Waals surface area contributed by atoms with Crippen LogP contribution in [0.1, 0.15) is 36.8 Å². The van der Waals surface area contributed by atoms with E-state index in [1.54, 1.807) is 57.5 Å². The van der Waals surface area contributed by atoms with Crippen molar-refractivity contribution in [3.8, 4) is 5.69 Å². The Morgan fingerprint density at radius 3 is 2.35 bits per heavy atom. The molecule has 0 radical (unpaired) electrons. The number of benzene rings is 2. The molecule has 8 heteroatoms. The van der Waals surface area contributed by atoms with Crippen molar-refractivity contribution >= 4 is 22.0 Å². The lowest BCUT2D eigenvalue weighted by atomic mass is 10.2. The molecule has 178 valence electrons. The molecule has 2 heterocycles. The Bertz CT molecular complexity index is 1230. The number of rotatable bonds is 7. The normalized spacial score (nSPS) is 15.3. The summed E-state index contributed by atoms with van der Waals surface area (Å²) < 4.78 is 29.2. The molecule has 0 bridgehead atoms. The summed E-state index contributed by atoms with van der Waals surface area (Å²) in [5, 5.41) is 4.37. The number of likely N-dealkylation sites (N-methyl/N-ethyl adjacent to an activating group) is 1. The van der Waals surface area contributed by atoms with Gasteiger partial charge in [0, 0.05) is 44.5 Å². The van der Waals surface area contributed by atoms with Crippen LogP contribution in [-0.2, 0) is 21.4 Å². The zero-order chi connectivity index (χ0) is 24.0. The van der Waals surface area contributed by atoms with Crippen LogP contribution in [0.25, 0.3) is 11.8 Å². The van der Waals surface area contributed by atoms with Gasteiger partial charge in [-0.1, -0.05) is 43.2 Å². The SMILES string of the molecule is CN(Cc1cnn(-c2ccccc2)c1)C(=O)C=Cc1ccc(S(=O)(=O)N2CCCCCC2)cc1. The van der Waals surface area contributed by atoms with Crippen LogP contribution in [0.4, 0.5) is 0 Å². The molecule has 0 N–H and O–H groups in total. The third-order valence-corrected chi connectivity index (χ3v) is 7.87. The molecular formula is C26H30N4O3S. The second-order valence-electron chi connectivity index (χ2n) is 8.54. The standard InChI is InChI=1S/C26H30N4O3S/c1-28(20-23-19-27-30(21-23)24-9-5-4-6-10-24)26(31)16-13-22-11-14-25(15-12-22)34(32,33)29-17-7-2-3-8-18-29/h4-6,9-16,19,21H,2-3,7-8,17-18,20H2,1H3. The number of aromatic nitrogens is 2. The Labute approximate surface area is 201 Å². The van der Waals surface area contributed by atoms with E-state index < -0.39 is 10.0 Å². The molecule has 2 aromatic carbocycles. The minimum Gasteiger partial charge on any atom is -0.338 e. The van der Waals surface area contributed by atoms with Crippen LogP contribution < -0.4 is 0 Å². The van der Waals surface area contributed by atoms with E-state index in [1.807, 2.05) is 36.5 Å². The summed E-state index contributed by atoms with van der Waals surface area (Å²) in [6, 6.07) is 16.5. The number of sulfonamides is 1. The molecule has 1 amide bonds. The van der Waals surface area contributed by atoms with E-state index >= 15 is 0 Å². The summed E-state index contributed by atoms with van der Waals surface area (Å²) in [7, 11) is -1.73. The van der Waals surface area contributed by atoms with Gasteiger partial charge in [0.2, 0.25) is 15.9 Å². The maximum absolute atomic E-state index is 12.9. The quantitative estimate of drug-likeness (QED) is 0.479. The van der Waals surface area contributed by atoms with Gasteiger partial charge in [0.15, 0.2) is 0 Å². The molecule has 1 saturated heterocycles. The van der Waals surface area contributed by atoms with Gasteiger partial charge in [-0.3, -0.25) is 4.79 Å². The second-order valence-corrected chi connectivity index (χ2v) is 10.5. The molecule has 3 aromatic rings. The summed E-state index contributed by atoms with van der Waals surface area (Å²) in [6.07, 6.45) is 10.8. The highest BCUT2D eigenvalue weighted by atomic mass is 32.2. The fourth-order valence-electron chi connectivity index (χ4n) is 3.99. The summed E-state index contributed by atoms with van der Waals surface area (Å²) in [5.74, 6) is -0.145. The topological polar surface area (TPSA) is 75.5 Å². The predicted octanol–water partition coefficient (Wildman–Crippen LogP) is 4.11. The van der Waals surface area contributed by atoms with E-state index in [-0.39, 0.29) is 5.91 Å². The first-order valence-electron chi connectivity index (χ1n) is 11.6. The van der Waals surface area contributed by atoms with E-state index in [2.05, 4.69) is 5.10 Å². The smallest absolute Gasteiger partial charge is 0.246 e. The van der Waals surface area contributed by atoms with Gasteiger partial charge < -0.3 is 4.90 Å². The van der Waals surface area contributed by atoms with Crippen LogP contribution in [0, 0.1) is 0 Å². The van der Waals surface area contributed by atoms with Crippen LogP contribution >= 0.6 is 0 Å². The third-order valence-electron chi connectivity index (χ3n) is 5.95. The van der Waals surface area contributed by atoms with Gasteiger partial charge in [-0.2, -0.15) is 9.40 Å². The largest absolute Gasteiger partial charge is 0.338 e. The van der Waals surface area contributed by atoms with Crippen LogP contribution in [-0.4, -0.2) is 53.4 Å². The Morgan fingerprint density at radius 2 is 1.68 bits per heavy atom. The van der Waals surface area contributed by atoms with Crippen molar-refractivity contribution in [1.82, 2.24) is 19.0 Å². The molecule has 1 fully saturated rings. The van der Waals surface area contributed by atoms with Crippen LogP contribution in [0.3, 0.4) is 0 Å². The Morgan fingerprint density at radius 1 is 1.00 bits per heavy atom. The molecule has 7 nitrogen and oxygen atoms in total. The molecular weight excluding hydrogens is 448 g/mol. The monoisotopic (exact) mass is 478 g/mol. The molecule has 0 aliphatic carbocycles. The van der Waals surface area contributed by atoms with Gasteiger partial charge in [-0.05, 0) is 48.7 Å². The summed E-state index contributed by atoms with van der Waals surface area (Å²) in [5.41, 5.74) is 2.66. The Kier molecular flexibility index (Phi) is 7.59. The molecule has 34 heavy (non-hydrogen) atoms. The predicted molar refractivity (Wildman–Crippen MR) is 133 cm³/mol. The highest BCUT2D eigenvalue weighted by Crippen LogP contribution is 2.21. The van der Waals surface area contributed by atoms with Crippen LogP contribution in [0.2, 0.25) is 0 Å². The van der Waals surface area contributed by atoms with E-state index in [1.165, 1.54) is 6.08 Å². The average Bonchev–Trinajstić information content (AvgIpc) is 3.14. The number of hydrogen-bond acceptors (Lipinski definition) is 4. The summed E-state index contributed by atoms with van der Waals surface area (Å²) in [6.45, 7) is 1.59. The lowest BCUT2D eigenvalue weighted by Gasteiger charge is -2.19. The van der Waals surface area contributed by atoms with Gasteiger partial charge in [-0.25, -0.2) is 13.1 Å². The summed E-state index contributed by atoms with van der Waals surface area (Å²) >= 11 is 0. The zero-order valence-corrected chi connectivity index (χ0v) is 20.2.